The van der Waals surface area contributed by atoms with Crippen LogP contribution in [0, 0.1) is 0 Å². The summed E-state index contributed by atoms with van der Waals surface area (Å²) in [6, 6.07) is 3.67. The van der Waals surface area contributed by atoms with E-state index in [2.05, 4.69) is 5.32 Å². The number of rotatable bonds is 5. The third-order valence-electron chi connectivity index (χ3n) is 2.99. The van der Waals surface area contributed by atoms with Crippen molar-refractivity contribution in [3.05, 3.63) is 24.2 Å². The van der Waals surface area contributed by atoms with E-state index in [1.165, 1.54) is 6.26 Å². The maximum Gasteiger partial charge on any atom is 0.289 e. The predicted octanol–water partition coefficient (Wildman–Crippen LogP) is 0.466. The van der Waals surface area contributed by atoms with E-state index in [9.17, 15) is 4.79 Å². The van der Waals surface area contributed by atoms with Gasteiger partial charge in [-0.25, -0.2) is 0 Å². The van der Waals surface area contributed by atoms with E-state index in [1.54, 1.807) is 17.0 Å². The van der Waals surface area contributed by atoms with E-state index >= 15 is 0 Å². The smallest absolute Gasteiger partial charge is 0.289 e. The molecule has 1 aliphatic heterocycles. The van der Waals surface area contributed by atoms with Gasteiger partial charge in [0, 0.05) is 19.1 Å². The molecule has 0 radical (unpaired) electrons. The molecule has 1 fully saturated rings. The van der Waals surface area contributed by atoms with Crippen LogP contribution in [0.2, 0.25) is 0 Å². The number of nitrogens with one attached hydrogen (secondary N) is 1. The van der Waals surface area contributed by atoms with Crippen molar-refractivity contribution in [3.8, 4) is 0 Å². The number of furan rings is 1. The number of aliphatic hydroxyl groups is 1. The molecule has 2 heterocycles. The third-order valence-corrected chi connectivity index (χ3v) is 2.99. The first-order valence-corrected chi connectivity index (χ1v) is 5.98. The molecule has 1 unspecified atom stereocenters. The van der Waals surface area contributed by atoms with Gasteiger partial charge >= 0.3 is 0 Å². The van der Waals surface area contributed by atoms with Gasteiger partial charge in [0.25, 0.3) is 5.91 Å². The number of carbonyl (C=O) groups excluding carboxylic acids is 1. The van der Waals surface area contributed by atoms with Crippen molar-refractivity contribution >= 4 is 5.91 Å². The van der Waals surface area contributed by atoms with Crippen molar-refractivity contribution in [1.82, 2.24) is 10.2 Å². The van der Waals surface area contributed by atoms with Crippen LogP contribution in [-0.2, 0) is 0 Å². The molecule has 1 atom stereocenters. The molecule has 1 aromatic rings. The van der Waals surface area contributed by atoms with Crippen LogP contribution < -0.4 is 5.32 Å². The zero-order valence-corrected chi connectivity index (χ0v) is 9.76. The molecule has 2 rings (SSSR count). The van der Waals surface area contributed by atoms with E-state index in [0.717, 1.165) is 19.4 Å². The molecule has 94 valence electrons. The van der Waals surface area contributed by atoms with Gasteiger partial charge in [0.15, 0.2) is 5.76 Å². The summed E-state index contributed by atoms with van der Waals surface area (Å²) in [7, 11) is 0. The van der Waals surface area contributed by atoms with Crippen LogP contribution in [0.3, 0.4) is 0 Å². The summed E-state index contributed by atoms with van der Waals surface area (Å²) in [6.07, 6.45) is 3.71. The molecule has 0 aliphatic carbocycles. The van der Waals surface area contributed by atoms with Gasteiger partial charge in [-0.2, -0.15) is 0 Å². The number of nitrogens with zero attached hydrogens (tertiary/aromatic N) is 1. The number of amides is 1. The summed E-state index contributed by atoms with van der Waals surface area (Å²) in [5.74, 6) is 0.175. The standard InChI is InChI=1S/C12H18N2O3/c15-7-6-14(9-10-3-1-5-13-10)12(16)11-4-2-8-17-11/h2,4,8,10,13,15H,1,3,5-7,9H2. The Balaban J connectivity index is 1.98. The highest BCUT2D eigenvalue weighted by Gasteiger charge is 2.23. The highest BCUT2D eigenvalue weighted by atomic mass is 16.3. The maximum atomic E-state index is 12.1. The SMILES string of the molecule is O=C(c1ccco1)N(CCO)CC1CCCN1. The summed E-state index contributed by atoms with van der Waals surface area (Å²) in [4.78, 5) is 13.7. The van der Waals surface area contributed by atoms with Crippen LogP contribution in [0.4, 0.5) is 0 Å². The molecule has 17 heavy (non-hydrogen) atoms. The van der Waals surface area contributed by atoms with Crippen LogP contribution >= 0.6 is 0 Å². The van der Waals surface area contributed by atoms with Crippen LogP contribution in [-0.4, -0.2) is 48.2 Å². The molecule has 1 saturated heterocycles. The Bertz CT molecular complexity index is 345. The molecular weight excluding hydrogens is 220 g/mol. The van der Waals surface area contributed by atoms with Gasteiger partial charge in [-0.15, -0.1) is 0 Å². The zero-order chi connectivity index (χ0) is 12.1. The zero-order valence-electron chi connectivity index (χ0n) is 9.76. The summed E-state index contributed by atoms with van der Waals surface area (Å²) in [6.45, 7) is 1.95. The highest BCUT2D eigenvalue weighted by molar-refractivity contribution is 5.91. The Morgan fingerprint density at radius 2 is 2.53 bits per heavy atom. The van der Waals surface area contributed by atoms with Gasteiger partial charge in [-0.05, 0) is 31.5 Å². The van der Waals surface area contributed by atoms with Gasteiger partial charge < -0.3 is 19.7 Å². The second kappa shape index (κ2) is 5.84. The minimum absolute atomic E-state index is 0.0286. The molecule has 1 aliphatic rings. The lowest BCUT2D eigenvalue weighted by molar-refractivity contribution is 0.0675. The molecule has 1 aromatic heterocycles. The van der Waals surface area contributed by atoms with Crippen molar-refractivity contribution in [3.63, 3.8) is 0 Å². The summed E-state index contributed by atoms with van der Waals surface area (Å²) < 4.78 is 5.09. The number of aliphatic hydroxyl groups excluding tert-OH is 1. The second-order valence-electron chi connectivity index (χ2n) is 4.25. The molecular formula is C12H18N2O3. The lowest BCUT2D eigenvalue weighted by Gasteiger charge is -2.24. The summed E-state index contributed by atoms with van der Waals surface area (Å²) in [5, 5.41) is 12.4. The van der Waals surface area contributed by atoms with E-state index < -0.39 is 0 Å². The normalized spacial score (nSPS) is 19.5. The van der Waals surface area contributed by atoms with Gasteiger partial charge in [0.05, 0.1) is 12.9 Å². The first-order chi connectivity index (χ1) is 8.31. The number of carbonyl (C=O) groups is 1. The van der Waals surface area contributed by atoms with Crippen molar-refractivity contribution in [2.24, 2.45) is 0 Å². The molecule has 0 bridgehead atoms. The van der Waals surface area contributed by atoms with Crippen molar-refractivity contribution in [2.45, 2.75) is 18.9 Å². The van der Waals surface area contributed by atoms with E-state index in [-0.39, 0.29) is 12.5 Å². The van der Waals surface area contributed by atoms with Crippen molar-refractivity contribution in [1.29, 1.82) is 0 Å². The quantitative estimate of drug-likeness (QED) is 0.782. The Kier molecular flexibility index (Phi) is 4.17. The van der Waals surface area contributed by atoms with Crippen molar-refractivity contribution < 1.29 is 14.3 Å². The Morgan fingerprint density at radius 3 is 3.12 bits per heavy atom. The Hall–Kier alpha value is -1.33. The van der Waals surface area contributed by atoms with E-state index in [4.69, 9.17) is 9.52 Å². The predicted molar refractivity (Wildman–Crippen MR) is 62.7 cm³/mol. The Morgan fingerprint density at radius 1 is 1.65 bits per heavy atom. The van der Waals surface area contributed by atoms with Crippen molar-refractivity contribution in [2.75, 3.05) is 26.2 Å². The van der Waals surface area contributed by atoms with Crippen LogP contribution in [0.25, 0.3) is 0 Å². The lowest BCUT2D eigenvalue weighted by Crippen LogP contribution is -2.42. The monoisotopic (exact) mass is 238 g/mol. The van der Waals surface area contributed by atoms with Crippen LogP contribution in [0.5, 0.6) is 0 Å². The lowest BCUT2D eigenvalue weighted by atomic mass is 10.2. The van der Waals surface area contributed by atoms with E-state index in [1.807, 2.05) is 0 Å². The summed E-state index contributed by atoms with van der Waals surface area (Å²) >= 11 is 0. The van der Waals surface area contributed by atoms with E-state index in [0.29, 0.717) is 24.9 Å². The minimum Gasteiger partial charge on any atom is -0.459 e. The maximum absolute atomic E-state index is 12.1. The topological polar surface area (TPSA) is 65.7 Å². The Labute approximate surface area is 100 Å². The largest absolute Gasteiger partial charge is 0.459 e. The fourth-order valence-corrected chi connectivity index (χ4v) is 2.13. The fourth-order valence-electron chi connectivity index (χ4n) is 2.13. The molecule has 5 nitrogen and oxygen atoms in total. The van der Waals surface area contributed by atoms with Gasteiger partial charge in [0.2, 0.25) is 0 Å². The first kappa shape index (κ1) is 12.1. The first-order valence-electron chi connectivity index (χ1n) is 5.98. The fraction of sp³-hybridized carbons (Fsp3) is 0.583. The molecule has 0 spiro atoms. The number of hydrogen-bond acceptors (Lipinski definition) is 4. The second-order valence-corrected chi connectivity index (χ2v) is 4.25. The van der Waals surface area contributed by atoms with Crippen LogP contribution in [0.1, 0.15) is 23.4 Å². The van der Waals surface area contributed by atoms with Gasteiger partial charge in [-0.1, -0.05) is 0 Å². The number of hydrogen-bond donors (Lipinski definition) is 2. The molecule has 0 aromatic carbocycles. The van der Waals surface area contributed by atoms with Gasteiger partial charge in [-0.3, -0.25) is 4.79 Å². The average molecular weight is 238 g/mol. The van der Waals surface area contributed by atoms with Crippen LogP contribution in [0.15, 0.2) is 22.8 Å². The molecule has 2 N–H and O–H groups in total. The molecule has 1 amide bonds. The highest BCUT2D eigenvalue weighted by Crippen LogP contribution is 2.10. The average Bonchev–Trinajstić information content (AvgIpc) is 3.00. The molecule has 5 heteroatoms. The molecule has 0 saturated carbocycles. The minimum atomic E-state index is -0.155. The summed E-state index contributed by atoms with van der Waals surface area (Å²) in [5.41, 5.74) is 0. The van der Waals surface area contributed by atoms with Gasteiger partial charge in [0.1, 0.15) is 0 Å². The third kappa shape index (κ3) is 3.08.